The molecule has 0 aromatic heterocycles. The summed E-state index contributed by atoms with van der Waals surface area (Å²) in [6, 6.07) is 5.95. The topological polar surface area (TPSA) is 75.7 Å². The third-order valence-electron chi connectivity index (χ3n) is 2.43. The molecule has 0 aliphatic heterocycles. The Bertz CT molecular complexity index is 540. The van der Waals surface area contributed by atoms with Crippen LogP contribution in [0.5, 0.6) is 0 Å². The number of likely N-dealkylation sites (N-methyl/N-ethyl adjacent to an activating group) is 1. The number of rotatable bonds is 6. The van der Waals surface area contributed by atoms with Crippen LogP contribution in [0.1, 0.15) is 10.4 Å². The normalized spacial score (nSPS) is 11.6. The average Bonchev–Trinajstić information content (AvgIpc) is 2.37. The van der Waals surface area contributed by atoms with Crippen molar-refractivity contribution in [1.29, 1.82) is 0 Å². The van der Waals surface area contributed by atoms with Crippen LogP contribution in [0.15, 0.2) is 29.2 Å². The summed E-state index contributed by atoms with van der Waals surface area (Å²) in [4.78, 5) is 13.3. The van der Waals surface area contributed by atoms with Gasteiger partial charge in [-0.2, -0.15) is 0 Å². The SMILES string of the molecule is COC(=O)c1ccccc1S(=O)(=O)NCCN(C)C. The molecule has 0 saturated heterocycles. The van der Waals surface area contributed by atoms with Gasteiger partial charge in [-0.3, -0.25) is 0 Å². The van der Waals surface area contributed by atoms with Crippen LogP contribution in [0.2, 0.25) is 0 Å². The van der Waals surface area contributed by atoms with Crippen molar-refractivity contribution < 1.29 is 17.9 Å². The molecule has 0 amide bonds. The second-order valence-corrected chi connectivity index (χ2v) is 5.92. The summed E-state index contributed by atoms with van der Waals surface area (Å²) in [6.45, 7) is 0.838. The fourth-order valence-corrected chi connectivity index (χ4v) is 2.68. The Balaban J connectivity index is 2.98. The van der Waals surface area contributed by atoms with Gasteiger partial charge in [-0.05, 0) is 26.2 Å². The molecule has 19 heavy (non-hydrogen) atoms. The molecule has 1 N–H and O–H groups in total. The van der Waals surface area contributed by atoms with E-state index in [1.807, 2.05) is 19.0 Å². The number of carbonyl (C=O) groups excluding carboxylic acids is 1. The number of hydrogen-bond donors (Lipinski definition) is 1. The lowest BCUT2D eigenvalue weighted by atomic mass is 10.2. The van der Waals surface area contributed by atoms with Gasteiger partial charge in [0, 0.05) is 13.1 Å². The van der Waals surface area contributed by atoms with Crippen molar-refractivity contribution >= 4 is 16.0 Å². The van der Waals surface area contributed by atoms with Crippen LogP contribution >= 0.6 is 0 Å². The molecule has 1 rings (SSSR count). The molecule has 0 heterocycles. The summed E-state index contributed by atoms with van der Waals surface area (Å²) in [6.07, 6.45) is 0. The maximum absolute atomic E-state index is 12.1. The number of nitrogens with zero attached hydrogens (tertiary/aromatic N) is 1. The Morgan fingerprint density at radius 3 is 2.53 bits per heavy atom. The molecule has 0 atom stereocenters. The summed E-state index contributed by atoms with van der Waals surface area (Å²) < 4.78 is 31.3. The van der Waals surface area contributed by atoms with Crippen molar-refractivity contribution in [3.63, 3.8) is 0 Å². The van der Waals surface area contributed by atoms with Crippen molar-refractivity contribution in [2.24, 2.45) is 0 Å². The first-order chi connectivity index (χ1) is 8.88. The van der Waals surface area contributed by atoms with E-state index >= 15 is 0 Å². The van der Waals surface area contributed by atoms with Crippen LogP contribution in [0, 0.1) is 0 Å². The standard InChI is InChI=1S/C12H18N2O4S/c1-14(2)9-8-13-19(16,17)11-7-5-4-6-10(11)12(15)18-3/h4-7,13H,8-9H2,1-3H3. The summed E-state index contributed by atoms with van der Waals surface area (Å²) in [5, 5.41) is 0. The van der Waals surface area contributed by atoms with Crippen molar-refractivity contribution in [3.05, 3.63) is 29.8 Å². The van der Waals surface area contributed by atoms with Crippen LogP contribution in [0.3, 0.4) is 0 Å². The van der Waals surface area contributed by atoms with Crippen molar-refractivity contribution in [1.82, 2.24) is 9.62 Å². The van der Waals surface area contributed by atoms with E-state index in [4.69, 9.17) is 0 Å². The highest BCUT2D eigenvalue weighted by atomic mass is 32.2. The first kappa shape index (κ1) is 15.6. The second-order valence-electron chi connectivity index (χ2n) is 4.19. The minimum Gasteiger partial charge on any atom is -0.465 e. The molecular weight excluding hydrogens is 268 g/mol. The first-order valence-electron chi connectivity index (χ1n) is 5.70. The van der Waals surface area contributed by atoms with Crippen LogP contribution in [-0.4, -0.2) is 53.6 Å². The number of sulfonamides is 1. The monoisotopic (exact) mass is 286 g/mol. The number of ether oxygens (including phenoxy) is 1. The highest BCUT2D eigenvalue weighted by molar-refractivity contribution is 7.89. The predicted octanol–water partition coefficient (Wildman–Crippen LogP) is 0.313. The molecule has 106 valence electrons. The van der Waals surface area contributed by atoms with Crippen LogP contribution in [0.25, 0.3) is 0 Å². The lowest BCUT2D eigenvalue weighted by Crippen LogP contribution is -2.32. The number of benzene rings is 1. The Labute approximate surface area is 113 Å². The highest BCUT2D eigenvalue weighted by Crippen LogP contribution is 2.15. The first-order valence-corrected chi connectivity index (χ1v) is 7.18. The zero-order valence-corrected chi connectivity index (χ0v) is 12.0. The van der Waals surface area contributed by atoms with Crippen LogP contribution in [-0.2, 0) is 14.8 Å². The Kier molecular flexibility index (Phi) is 5.46. The largest absolute Gasteiger partial charge is 0.465 e. The maximum atomic E-state index is 12.1. The van der Waals surface area contributed by atoms with E-state index in [9.17, 15) is 13.2 Å². The second kappa shape index (κ2) is 6.65. The molecule has 0 aliphatic carbocycles. The molecule has 0 spiro atoms. The molecule has 6 nitrogen and oxygen atoms in total. The molecule has 0 bridgehead atoms. The number of carbonyl (C=O) groups is 1. The Morgan fingerprint density at radius 1 is 1.32 bits per heavy atom. The van der Waals surface area contributed by atoms with Gasteiger partial charge in [-0.1, -0.05) is 12.1 Å². The molecule has 0 fully saturated rings. The van der Waals surface area contributed by atoms with E-state index in [0.29, 0.717) is 6.54 Å². The van der Waals surface area contributed by atoms with E-state index in [-0.39, 0.29) is 17.0 Å². The molecule has 0 aliphatic rings. The number of hydrogen-bond acceptors (Lipinski definition) is 5. The molecular formula is C12H18N2O4S. The highest BCUT2D eigenvalue weighted by Gasteiger charge is 2.21. The van der Waals surface area contributed by atoms with Gasteiger partial charge in [0.2, 0.25) is 10.0 Å². The molecule has 7 heteroatoms. The fraction of sp³-hybridized carbons (Fsp3) is 0.417. The smallest absolute Gasteiger partial charge is 0.339 e. The van der Waals surface area contributed by atoms with E-state index in [1.165, 1.54) is 19.2 Å². The van der Waals surface area contributed by atoms with Gasteiger partial charge >= 0.3 is 5.97 Å². The Hall–Kier alpha value is -1.44. The third kappa shape index (κ3) is 4.30. The lowest BCUT2D eigenvalue weighted by molar-refractivity contribution is 0.0596. The number of nitrogens with one attached hydrogen (secondary N) is 1. The lowest BCUT2D eigenvalue weighted by Gasteiger charge is -2.12. The summed E-state index contributed by atoms with van der Waals surface area (Å²) in [5.41, 5.74) is 0.0300. The molecule has 1 aromatic rings. The van der Waals surface area contributed by atoms with Crippen molar-refractivity contribution in [2.45, 2.75) is 4.90 Å². The van der Waals surface area contributed by atoms with Gasteiger partial charge < -0.3 is 9.64 Å². The van der Waals surface area contributed by atoms with Gasteiger partial charge in [0.15, 0.2) is 0 Å². The van der Waals surface area contributed by atoms with Gasteiger partial charge in [0.25, 0.3) is 0 Å². The number of esters is 1. The van der Waals surface area contributed by atoms with Crippen LogP contribution in [0.4, 0.5) is 0 Å². The zero-order valence-electron chi connectivity index (χ0n) is 11.2. The summed E-state index contributed by atoms with van der Waals surface area (Å²) in [7, 11) is 1.18. The fourth-order valence-electron chi connectivity index (χ4n) is 1.46. The van der Waals surface area contributed by atoms with Gasteiger partial charge in [0.1, 0.15) is 0 Å². The van der Waals surface area contributed by atoms with Crippen molar-refractivity contribution in [2.75, 3.05) is 34.3 Å². The predicted molar refractivity (Wildman–Crippen MR) is 71.5 cm³/mol. The minimum atomic E-state index is -3.72. The van der Waals surface area contributed by atoms with Crippen LogP contribution < -0.4 is 4.72 Å². The van der Waals surface area contributed by atoms with E-state index in [0.717, 1.165) is 0 Å². The molecule has 1 aromatic carbocycles. The summed E-state index contributed by atoms with van der Waals surface area (Å²) in [5.74, 6) is -0.673. The zero-order chi connectivity index (χ0) is 14.5. The van der Waals surface area contributed by atoms with Gasteiger partial charge in [-0.25, -0.2) is 17.9 Å². The summed E-state index contributed by atoms with van der Waals surface area (Å²) >= 11 is 0. The Morgan fingerprint density at radius 2 is 1.95 bits per heavy atom. The van der Waals surface area contributed by atoms with Gasteiger partial charge in [0.05, 0.1) is 17.6 Å². The molecule has 0 unspecified atom stereocenters. The third-order valence-corrected chi connectivity index (χ3v) is 3.95. The minimum absolute atomic E-state index is 0.0300. The van der Waals surface area contributed by atoms with E-state index in [2.05, 4.69) is 9.46 Å². The molecule has 0 radical (unpaired) electrons. The maximum Gasteiger partial charge on any atom is 0.339 e. The van der Waals surface area contributed by atoms with E-state index < -0.39 is 16.0 Å². The molecule has 0 saturated carbocycles. The van der Waals surface area contributed by atoms with E-state index in [1.54, 1.807) is 12.1 Å². The van der Waals surface area contributed by atoms with Crippen molar-refractivity contribution in [3.8, 4) is 0 Å². The average molecular weight is 286 g/mol. The number of methoxy groups -OCH3 is 1. The quantitative estimate of drug-likeness (QED) is 0.762. The van der Waals surface area contributed by atoms with Gasteiger partial charge in [-0.15, -0.1) is 0 Å².